The number of benzene rings is 3. The molecule has 0 radical (unpaired) electrons. The van der Waals surface area contributed by atoms with Crippen molar-refractivity contribution in [2.24, 2.45) is 0 Å². The number of nitrogens with one attached hydrogen (secondary N) is 2. The highest BCUT2D eigenvalue weighted by Gasteiger charge is 2.52. The first-order chi connectivity index (χ1) is 19.6. The minimum Gasteiger partial charge on any atom is -0.449 e. The molecule has 1 fully saturated rings. The molecular weight excluding hydrogens is 517 g/mol. The van der Waals surface area contributed by atoms with Gasteiger partial charge in [0.25, 0.3) is 5.56 Å². The van der Waals surface area contributed by atoms with E-state index in [-0.39, 0.29) is 24.6 Å². The zero-order chi connectivity index (χ0) is 28.8. The first kappa shape index (κ1) is 27.0. The molecule has 41 heavy (non-hydrogen) atoms. The van der Waals surface area contributed by atoms with E-state index in [4.69, 9.17) is 14.0 Å². The van der Waals surface area contributed by atoms with Crippen molar-refractivity contribution in [1.29, 1.82) is 0 Å². The molecule has 1 aliphatic carbocycles. The highest BCUT2D eigenvalue weighted by Crippen LogP contribution is 2.44. The monoisotopic (exact) mass is 549 g/mol. The number of hydrogen-bond donors (Lipinski definition) is 2. The Kier molecular flexibility index (Phi) is 6.79. The van der Waals surface area contributed by atoms with Crippen LogP contribution in [0.5, 0.6) is 0 Å². The molecular formula is C32H32BN3O5. The van der Waals surface area contributed by atoms with Crippen molar-refractivity contribution in [2.45, 2.75) is 44.8 Å². The number of hydrogen-bond acceptors (Lipinski definition) is 6. The molecule has 2 heterocycles. The van der Waals surface area contributed by atoms with Gasteiger partial charge in [-0.25, -0.2) is 9.89 Å². The highest BCUT2D eigenvalue weighted by molar-refractivity contribution is 6.56. The predicted molar refractivity (Wildman–Crippen MR) is 159 cm³/mol. The summed E-state index contributed by atoms with van der Waals surface area (Å²) < 4.78 is 18.4. The van der Waals surface area contributed by atoms with Crippen LogP contribution < -0.4 is 10.9 Å². The number of ether oxygens (including phenoxy) is 1. The third kappa shape index (κ3) is 5.07. The van der Waals surface area contributed by atoms with Gasteiger partial charge in [0, 0.05) is 17.8 Å². The fourth-order valence-electron chi connectivity index (χ4n) is 5.44. The summed E-state index contributed by atoms with van der Waals surface area (Å²) in [6, 6.07) is 21.9. The van der Waals surface area contributed by atoms with Crippen LogP contribution in [0.25, 0.3) is 28.0 Å². The van der Waals surface area contributed by atoms with Crippen LogP contribution in [0.3, 0.4) is 0 Å². The van der Waals surface area contributed by atoms with Gasteiger partial charge in [-0.2, -0.15) is 5.10 Å². The van der Waals surface area contributed by atoms with E-state index in [2.05, 4.69) is 39.8 Å². The maximum absolute atomic E-state index is 13.0. The number of amides is 1. The minimum atomic E-state index is -0.679. The molecule has 8 nitrogen and oxygen atoms in total. The summed E-state index contributed by atoms with van der Waals surface area (Å²) in [5.41, 5.74) is 4.85. The number of carbonyl (C=O) groups excluding carboxylic acids is 1. The van der Waals surface area contributed by atoms with Crippen molar-refractivity contribution < 1.29 is 18.8 Å². The number of alkyl carbamates (subject to hydrolysis) is 1. The molecule has 9 heteroatoms. The van der Waals surface area contributed by atoms with Crippen molar-refractivity contribution in [1.82, 2.24) is 15.5 Å². The normalized spacial score (nSPS) is 17.4. The quantitative estimate of drug-likeness (QED) is 0.309. The van der Waals surface area contributed by atoms with Crippen LogP contribution in [0.1, 0.15) is 50.3 Å². The Morgan fingerprint density at radius 2 is 1.63 bits per heavy atom. The fraction of sp³-hybridized carbons (Fsp3) is 0.281. The van der Waals surface area contributed by atoms with E-state index in [0.29, 0.717) is 16.2 Å². The Balaban J connectivity index is 1.20. The van der Waals surface area contributed by atoms with E-state index in [0.717, 1.165) is 16.7 Å². The lowest BCUT2D eigenvalue weighted by Crippen LogP contribution is -2.41. The molecule has 4 aromatic rings. The van der Waals surface area contributed by atoms with Gasteiger partial charge >= 0.3 is 13.2 Å². The van der Waals surface area contributed by atoms with E-state index < -0.39 is 24.4 Å². The first-order valence-electron chi connectivity index (χ1n) is 13.8. The van der Waals surface area contributed by atoms with Crippen LogP contribution in [0.15, 0.2) is 83.2 Å². The lowest BCUT2D eigenvalue weighted by atomic mass is 9.77. The second-order valence-electron chi connectivity index (χ2n) is 11.5. The summed E-state index contributed by atoms with van der Waals surface area (Å²) >= 11 is 0. The number of aromatic nitrogens is 2. The topological polar surface area (TPSA) is 103 Å². The molecule has 208 valence electrons. The third-order valence-electron chi connectivity index (χ3n) is 8.38. The van der Waals surface area contributed by atoms with Gasteiger partial charge in [0.15, 0.2) is 0 Å². The molecule has 2 N–H and O–H groups in total. The number of carbonyl (C=O) groups is 1. The number of rotatable bonds is 6. The molecule has 2 aliphatic rings. The van der Waals surface area contributed by atoms with Gasteiger partial charge in [0.1, 0.15) is 6.61 Å². The molecule has 0 saturated carbocycles. The maximum Gasteiger partial charge on any atom is 0.492 e. The Hall–Kier alpha value is -4.21. The van der Waals surface area contributed by atoms with E-state index >= 15 is 0 Å². The molecule has 6 rings (SSSR count). The fourth-order valence-corrected chi connectivity index (χ4v) is 5.44. The van der Waals surface area contributed by atoms with Gasteiger partial charge in [-0.1, -0.05) is 60.7 Å². The van der Waals surface area contributed by atoms with Crippen molar-refractivity contribution in [3.8, 4) is 11.1 Å². The zero-order valence-electron chi connectivity index (χ0n) is 23.6. The van der Waals surface area contributed by atoms with Crippen LogP contribution in [0.2, 0.25) is 0 Å². The molecule has 0 bridgehead atoms. The number of fused-ring (bicyclic) bond motifs is 4. The molecule has 1 aromatic heterocycles. The van der Waals surface area contributed by atoms with Crippen LogP contribution >= 0.6 is 0 Å². The second kappa shape index (κ2) is 10.3. The third-order valence-corrected chi connectivity index (χ3v) is 8.38. The van der Waals surface area contributed by atoms with Gasteiger partial charge in [-0.3, -0.25) is 4.79 Å². The summed E-state index contributed by atoms with van der Waals surface area (Å²) in [5, 5.41) is 10.5. The maximum atomic E-state index is 13.0. The summed E-state index contributed by atoms with van der Waals surface area (Å²) in [4.78, 5) is 25.1. The van der Waals surface area contributed by atoms with Crippen molar-refractivity contribution in [2.75, 3.05) is 13.2 Å². The number of H-pyrrole nitrogens is 1. The van der Waals surface area contributed by atoms with E-state index in [1.807, 2.05) is 70.2 Å². The van der Waals surface area contributed by atoms with Gasteiger partial charge in [-0.05, 0) is 73.1 Å². The molecule has 1 aliphatic heterocycles. The molecule has 0 spiro atoms. The molecule has 1 amide bonds. The summed E-state index contributed by atoms with van der Waals surface area (Å²) in [5.74, 6) is -0.0272. The standard InChI is InChI=1S/C32H32BN3O5/c1-31(2)32(3,4)41-33(40-31)22(16-20-13-14-23-21(15-20)17-35-36-29(23)37)18-34-30(38)39-19-28-26-11-7-5-9-24(26)25-10-6-8-12-27(25)28/h5-17,28H,18-19H2,1-4H3,(H,34,38)(H,36,37). The summed E-state index contributed by atoms with van der Waals surface area (Å²) in [6.07, 6.45) is 2.99. The van der Waals surface area contributed by atoms with E-state index in [1.165, 1.54) is 11.1 Å². The number of aromatic amines is 1. The van der Waals surface area contributed by atoms with Crippen molar-refractivity contribution in [3.05, 3.63) is 105 Å². The van der Waals surface area contributed by atoms with Crippen molar-refractivity contribution >= 4 is 30.1 Å². The molecule has 1 saturated heterocycles. The Labute approximate surface area is 238 Å². The summed E-state index contributed by atoms with van der Waals surface area (Å²) in [6.45, 7) is 8.31. The SMILES string of the molecule is CC1(C)OB(C(=Cc2ccc3c(=O)[nH]ncc3c2)CNC(=O)OCC2c3ccccc3-c3ccccc32)OC1(C)C. The predicted octanol–water partition coefficient (Wildman–Crippen LogP) is 5.48. The number of nitrogens with zero attached hydrogens (tertiary/aromatic N) is 1. The average Bonchev–Trinajstić information content (AvgIpc) is 3.38. The van der Waals surface area contributed by atoms with E-state index in [1.54, 1.807) is 12.3 Å². The average molecular weight is 549 g/mol. The Bertz CT molecular complexity index is 1670. The minimum absolute atomic E-state index is 0.0272. The summed E-state index contributed by atoms with van der Waals surface area (Å²) in [7, 11) is -0.679. The Morgan fingerprint density at radius 3 is 2.29 bits per heavy atom. The first-order valence-corrected chi connectivity index (χ1v) is 13.8. The highest BCUT2D eigenvalue weighted by atomic mass is 16.7. The van der Waals surface area contributed by atoms with Crippen molar-refractivity contribution in [3.63, 3.8) is 0 Å². The molecule has 3 aromatic carbocycles. The van der Waals surface area contributed by atoms with E-state index in [9.17, 15) is 9.59 Å². The Morgan fingerprint density at radius 1 is 1.00 bits per heavy atom. The van der Waals surface area contributed by atoms with Gasteiger partial charge in [-0.15, -0.1) is 0 Å². The van der Waals surface area contributed by atoms with Gasteiger partial charge in [0.05, 0.1) is 22.8 Å². The van der Waals surface area contributed by atoms with Crippen LogP contribution in [0.4, 0.5) is 4.79 Å². The molecule has 0 unspecified atom stereocenters. The second-order valence-corrected chi connectivity index (χ2v) is 11.5. The van der Waals surface area contributed by atoms with Gasteiger partial charge < -0.3 is 19.4 Å². The lowest BCUT2D eigenvalue weighted by Gasteiger charge is -2.32. The lowest BCUT2D eigenvalue weighted by molar-refractivity contribution is 0.00578. The van der Waals surface area contributed by atoms with Crippen LogP contribution in [-0.4, -0.2) is 47.8 Å². The largest absolute Gasteiger partial charge is 0.492 e. The van der Waals surface area contributed by atoms with Gasteiger partial charge in [0.2, 0.25) is 0 Å². The smallest absolute Gasteiger partial charge is 0.449 e. The van der Waals surface area contributed by atoms with Crippen LogP contribution in [-0.2, 0) is 14.0 Å². The van der Waals surface area contributed by atoms with Crippen LogP contribution in [0, 0.1) is 0 Å². The molecule has 0 atom stereocenters. The zero-order valence-corrected chi connectivity index (χ0v) is 23.6.